The zero-order valence-electron chi connectivity index (χ0n) is 6.58. The molecule has 14 heavy (non-hydrogen) atoms. The van der Waals surface area contributed by atoms with Crippen molar-refractivity contribution in [1.29, 1.82) is 0 Å². The summed E-state index contributed by atoms with van der Waals surface area (Å²) in [5, 5.41) is 0.363. The van der Waals surface area contributed by atoms with E-state index in [4.69, 9.17) is 23.2 Å². The Bertz CT molecular complexity index is 318. The van der Waals surface area contributed by atoms with Gasteiger partial charge in [0.2, 0.25) is 0 Å². The summed E-state index contributed by atoms with van der Waals surface area (Å²) in [6, 6.07) is 3.82. The topological polar surface area (TPSA) is 0 Å². The highest BCUT2D eigenvalue weighted by Crippen LogP contribution is 2.41. The summed E-state index contributed by atoms with van der Waals surface area (Å²) in [6.45, 7) is 0. The normalized spacial score (nSPS) is 14.1. The molecule has 0 aliphatic rings. The van der Waals surface area contributed by atoms with Crippen LogP contribution in [0.15, 0.2) is 18.2 Å². The van der Waals surface area contributed by atoms with Crippen LogP contribution in [0.3, 0.4) is 0 Å². The third-order valence-corrected chi connectivity index (χ3v) is 2.95. The van der Waals surface area contributed by atoms with Gasteiger partial charge >= 0.3 is 6.18 Å². The minimum atomic E-state index is -4.35. The first kappa shape index (κ1) is 12.1. The molecule has 0 nitrogen and oxygen atoms in total. The van der Waals surface area contributed by atoms with Crippen LogP contribution < -0.4 is 0 Å². The van der Waals surface area contributed by atoms with Crippen LogP contribution in [0.4, 0.5) is 13.2 Å². The van der Waals surface area contributed by atoms with E-state index in [1.54, 1.807) is 0 Å². The second-order valence-electron chi connectivity index (χ2n) is 2.61. The van der Waals surface area contributed by atoms with Gasteiger partial charge < -0.3 is 0 Å². The minimum Gasteiger partial charge on any atom is -0.169 e. The molecule has 0 aliphatic heterocycles. The van der Waals surface area contributed by atoms with Gasteiger partial charge in [-0.25, -0.2) is 0 Å². The number of hydrogen-bond acceptors (Lipinski definition) is 0. The van der Waals surface area contributed by atoms with Crippen LogP contribution in [-0.4, -0.2) is 6.18 Å². The SMILES string of the molecule is FC(F)(F)[C@H](Br)c1cc(Cl)cc(Cl)c1. The predicted octanol–water partition coefficient (Wildman–Crippen LogP) is 4.99. The molecule has 0 fully saturated rings. The fourth-order valence-electron chi connectivity index (χ4n) is 0.910. The monoisotopic (exact) mass is 306 g/mol. The van der Waals surface area contributed by atoms with Crippen LogP contribution in [0.2, 0.25) is 10.0 Å². The Morgan fingerprint density at radius 3 is 1.86 bits per heavy atom. The van der Waals surface area contributed by atoms with E-state index in [2.05, 4.69) is 15.9 Å². The first-order valence-corrected chi connectivity index (χ1v) is 5.14. The quantitative estimate of drug-likeness (QED) is 0.641. The van der Waals surface area contributed by atoms with Crippen molar-refractivity contribution >= 4 is 39.1 Å². The van der Waals surface area contributed by atoms with E-state index >= 15 is 0 Å². The Hall–Kier alpha value is 0.0700. The molecular weight excluding hydrogens is 304 g/mol. The van der Waals surface area contributed by atoms with Gasteiger partial charge in [-0.1, -0.05) is 39.1 Å². The third kappa shape index (κ3) is 3.04. The molecule has 0 N–H and O–H groups in total. The third-order valence-electron chi connectivity index (χ3n) is 1.46. The zero-order valence-corrected chi connectivity index (χ0v) is 9.68. The molecule has 0 heterocycles. The van der Waals surface area contributed by atoms with Gasteiger partial charge in [0.1, 0.15) is 4.83 Å². The van der Waals surface area contributed by atoms with Crippen LogP contribution in [0, 0.1) is 0 Å². The Balaban J connectivity index is 3.07. The molecule has 0 saturated carbocycles. The van der Waals surface area contributed by atoms with Crippen LogP contribution in [0.1, 0.15) is 10.4 Å². The van der Waals surface area contributed by atoms with Crippen molar-refractivity contribution in [2.24, 2.45) is 0 Å². The summed E-state index contributed by atoms with van der Waals surface area (Å²) in [5.41, 5.74) is -0.00463. The number of alkyl halides is 4. The standard InChI is InChI=1S/C8H4BrCl2F3/c9-7(8(12,13)14)4-1-5(10)3-6(11)2-4/h1-3,7H/t7-/m1/s1. The first-order valence-electron chi connectivity index (χ1n) is 3.47. The van der Waals surface area contributed by atoms with Gasteiger partial charge in [-0.05, 0) is 23.8 Å². The summed E-state index contributed by atoms with van der Waals surface area (Å²) >= 11 is 13.7. The zero-order chi connectivity index (χ0) is 10.9. The lowest BCUT2D eigenvalue weighted by atomic mass is 10.1. The van der Waals surface area contributed by atoms with Crippen LogP contribution in [-0.2, 0) is 0 Å². The fraction of sp³-hybridized carbons (Fsp3) is 0.250. The summed E-state index contributed by atoms with van der Waals surface area (Å²) in [6.07, 6.45) is -4.35. The lowest BCUT2D eigenvalue weighted by Crippen LogP contribution is -2.15. The molecule has 1 aromatic carbocycles. The Morgan fingerprint density at radius 1 is 1.07 bits per heavy atom. The summed E-state index contributed by atoms with van der Waals surface area (Å²) < 4.78 is 36.8. The molecular formula is C8H4BrCl2F3. The van der Waals surface area contributed by atoms with Crippen molar-refractivity contribution in [3.63, 3.8) is 0 Å². The molecule has 6 heteroatoms. The maximum Gasteiger partial charge on any atom is 0.405 e. The Kier molecular flexibility index (Phi) is 3.72. The van der Waals surface area contributed by atoms with Gasteiger partial charge in [-0.3, -0.25) is 0 Å². The van der Waals surface area contributed by atoms with E-state index in [0.717, 1.165) is 0 Å². The van der Waals surface area contributed by atoms with Gasteiger partial charge in [-0.2, -0.15) is 13.2 Å². The first-order chi connectivity index (χ1) is 6.30. The summed E-state index contributed by atoms with van der Waals surface area (Å²) in [5.74, 6) is 0. The average Bonchev–Trinajstić information content (AvgIpc) is 1.99. The largest absolute Gasteiger partial charge is 0.405 e. The molecule has 0 spiro atoms. The number of halogens is 6. The van der Waals surface area contributed by atoms with E-state index in [1.807, 2.05) is 0 Å². The lowest BCUT2D eigenvalue weighted by molar-refractivity contribution is -0.128. The Labute approximate surface area is 97.1 Å². The molecule has 0 radical (unpaired) electrons. The predicted molar refractivity (Wildman–Crippen MR) is 54.2 cm³/mol. The van der Waals surface area contributed by atoms with E-state index in [1.165, 1.54) is 18.2 Å². The lowest BCUT2D eigenvalue weighted by Gasteiger charge is -2.14. The van der Waals surface area contributed by atoms with Gasteiger partial charge in [0.25, 0.3) is 0 Å². The highest BCUT2D eigenvalue weighted by Gasteiger charge is 2.38. The maximum absolute atomic E-state index is 12.3. The number of benzene rings is 1. The molecule has 78 valence electrons. The van der Waals surface area contributed by atoms with Gasteiger partial charge in [-0.15, -0.1) is 0 Å². The minimum absolute atomic E-state index is 0.00463. The molecule has 0 saturated heterocycles. The van der Waals surface area contributed by atoms with Crippen molar-refractivity contribution in [2.45, 2.75) is 11.0 Å². The van der Waals surface area contributed by atoms with Crippen molar-refractivity contribution in [2.75, 3.05) is 0 Å². The highest BCUT2D eigenvalue weighted by molar-refractivity contribution is 9.09. The van der Waals surface area contributed by atoms with E-state index in [-0.39, 0.29) is 15.6 Å². The molecule has 1 atom stereocenters. The van der Waals surface area contributed by atoms with Crippen molar-refractivity contribution in [3.8, 4) is 0 Å². The molecule has 1 rings (SSSR count). The molecule has 0 amide bonds. The molecule has 0 unspecified atom stereocenters. The molecule has 1 aromatic rings. The van der Waals surface area contributed by atoms with E-state index < -0.39 is 11.0 Å². The molecule has 0 bridgehead atoms. The van der Waals surface area contributed by atoms with Crippen LogP contribution in [0.5, 0.6) is 0 Å². The van der Waals surface area contributed by atoms with E-state index in [0.29, 0.717) is 0 Å². The summed E-state index contributed by atoms with van der Waals surface area (Å²) in [4.78, 5) is -1.74. The number of rotatable bonds is 1. The average molecular weight is 308 g/mol. The molecule has 0 aliphatic carbocycles. The smallest absolute Gasteiger partial charge is 0.169 e. The van der Waals surface area contributed by atoms with Crippen molar-refractivity contribution in [1.82, 2.24) is 0 Å². The summed E-state index contributed by atoms with van der Waals surface area (Å²) in [7, 11) is 0. The van der Waals surface area contributed by atoms with Gasteiger partial charge in [0.05, 0.1) is 0 Å². The number of hydrogen-bond donors (Lipinski definition) is 0. The second kappa shape index (κ2) is 4.29. The maximum atomic E-state index is 12.3. The highest BCUT2D eigenvalue weighted by atomic mass is 79.9. The molecule has 0 aromatic heterocycles. The second-order valence-corrected chi connectivity index (χ2v) is 4.40. The van der Waals surface area contributed by atoms with Crippen LogP contribution >= 0.6 is 39.1 Å². The van der Waals surface area contributed by atoms with Crippen molar-refractivity contribution < 1.29 is 13.2 Å². The van der Waals surface area contributed by atoms with E-state index in [9.17, 15) is 13.2 Å². The fourth-order valence-corrected chi connectivity index (χ4v) is 1.72. The van der Waals surface area contributed by atoms with Crippen LogP contribution in [0.25, 0.3) is 0 Å². The van der Waals surface area contributed by atoms with Gasteiger partial charge in [0, 0.05) is 10.0 Å². The Morgan fingerprint density at radius 2 is 1.50 bits per heavy atom. The van der Waals surface area contributed by atoms with Gasteiger partial charge in [0.15, 0.2) is 0 Å². The van der Waals surface area contributed by atoms with Crippen molar-refractivity contribution in [3.05, 3.63) is 33.8 Å².